The molecule has 1 nitrogen and oxygen atoms in total. The fraction of sp³-hybridized carbons (Fsp3) is 0.125. The molecule has 0 N–H and O–H groups in total. The Hall–Kier alpha value is -0.810. The maximum absolute atomic E-state index is 12.9. The van der Waals surface area contributed by atoms with Crippen molar-refractivity contribution >= 4 is 28.4 Å². The Morgan fingerprint density at radius 2 is 1.80 bits per heavy atom. The Bertz CT molecular complexity index is 414. The Balaban J connectivity index is 3.43. The molecule has 0 heterocycles. The predicted molar refractivity (Wildman–Crippen MR) is 46.6 cm³/mol. The second-order valence-corrected chi connectivity index (χ2v) is 3.31. The monoisotopic (exact) mass is 260 g/mol. The second kappa shape index (κ2) is 3.98. The highest BCUT2D eigenvalue weighted by Gasteiger charge is 2.33. The lowest BCUT2D eigenvalue weighted by Gasteiger charge is -2.09. The van der Waals surface area contributed by atoms with Crippen molar-refractivity contribution in [1.82, 2.24) is 0 Å². The minimum atomic E-state index is -4.76. The van der Waals surface area contributed by atoms with E-state index >= 15 is 0 Å². The van der Waals surface area contributed by atoms with Crippen LogP contribution in [-0.4, -0.2) is 5.24 Å². The molecule has 1 aromatic rings. The van der Waals surface area contributed by atoms with Crippen LogP contribution < -0.4 is 0 Å². The van der Waals surface area contributed by atoms with Crippen LogP contribution in [-0.2, 0) is 6.18 Å². The molecule has 0 saturated heterocycles. The Labute approximate surface area is 91.6 Å². The number of hydrogen-bond acceptors (Lipinski definition) is 1. The molecule has 0 spiro atoms. The lowest BCUT2D eigenvalue weighted by Crippen LogP contribution is -2.08. The van der Waals surface area contributed by atoms with Gasteiger partial charge < -0.3 is 0 Å². The molecular formula is C8H2Cl2F4O. The molecule has 0 saturated carbocycles. The van der Waals surface area contributed by atoms with E-state index < -0.39 is 33.4 Å². The van der Waals surface area contributed by atoms with Gasteiger partial charge in [0.25, 0.3) is 5.24 Å². The molecule has 0 unspecified atom stereocenters. The number of rotatable bonds is 1. The van der Waals surface area contributed by atoms with E-state index in [1.165, 1.54) is 0 Å². The summed E-state index contributed by atoms with van der Waals surface area (Å²) < 4.78 is 49.4. The van der Waals surface area contributed by atoms with Gasteiger partial charge in [0.05, 0.1) is 16.1 Å². The van der Waals surface area contributed by atoms with E-state index in [1.54, 1.807) is 0 Å². The molecule has 0 radical (unpaired) electrons. The Kier molecular flexibility index (Phi) is 3.25. The van der Waals surface area contributed by atoms with Crippen molar-refractivity contribution in [3.63, 3.8) is 0 Å². The number of alkyl halides is 3. The average Bonchev–Trinajstić information content (AvgIpc) is 2.06. The van der Waals surface area contributed by atoms with Crippen LogP contribution in [0.4, 0.5) is 17.6 Å². The zero-order chi connectivity index (χ0) is 11.8. The third-order valence-electron chi connectivity index (χ3n) is 1.57. The van der Waals surface area contributed by atoms with E-state index in [1.807, 2.05) is 0 Å². The normalized spacial score (nSPS) is 11.6. The zero-order valence-corrected chi connectivity index (χ0v) is 8.34. The molecule has 15 heavy (non-hydrogen) atoms. The van der Waals surface area contributed by atoms with E-state index in [2.05, 4.69) is 0 Å². The van der Waals surface area contributed by atoms with Crippen LogP contribution in [0.5, 0.6) is 0 Å². The summed E-state index contributed by atoms with van der Waals surface area (Å²) in [6, 6.07) is 0.604. The second-order valence-electron chi connectivity index (χ2n) is 2.59. The van der Waals surface area contributed by atoms with Gasteiger partial charge in [0.2, 0.25) is 0 Å². The van der Waals surface area contributed by atoms with Crippen LogP contribution in [0.15, 0.2) is 12.1 Å². The third kappa shape index (κ3) is 2.60. The first-order valence-corrected chi connectivity index (χ1v) is 4.25. The fourth-order valence-corrected chi connectivity index (χ4v) is 1.29. The van der Waals surface area contributed by atoms with Gasteiger partial charge in [-0.05, 0) is 23.7 Å². The molecule has 1 rings (SSSR count). The van der Waals surface area contributed by atoms with Gasteiger partial charge in [-0.3, -0.25) is 4.79 Å². The smallest absolute Gasteiger partial charge is 0.276 e. The van der Waals surface area contributed by atoms with Crippen molar-refractivity contribution in [3.05, 3.63) is 34.1 Å². The van der Waals surface area contributed by atoms with Gasteiger partial charge in [0.1, 0.15) is 5.82 Å². The lowest BCUT2D eigenvalue weighted by atomic mass is 10.1. The molecular weight excluding hydrogens is 259 g/mol. The summed E-state index contributed by atoms with van der Waals surface area (Å²) in [5.41, 5.74) is -2.01. The molecule has 0 fully saturated rings. The topological polar surface area (TPSA) is 17.1 Å². The minimum Gasteiger partial charge on any atom is -0.276 e. The van der Waals surface area contributed by atoms with Crippen LogP contribution in [0.25, 0.3) is 0 Å². The highest BCUT2D eigenvalue weighted by molar-refractivity contribution is 6.68. The minimum absolute atomic E-state index is 0.200. The van der Waals surface area contributed by atoms with Gasteiger partial charge >= 0.3 is 6.18 Å². The summed E-state index contributed by atoms with van der Waals surface area (Å²) in [6.45, 7) is 0. The maximum atomic E-state index is 12.9. The summed E-state index contributed by atoms with van der Waals surface area (Å²) in [4.78, 5) is 10.6. The van der Waals surface area contributed by atoms with Crippen molar-refractivity contribution in [2.75, 3.05) is 0 Å². The lowest BCUT2D eigenvalue weighted by molar-refractivity contribution is -0.137. The molecule has 7 heteroatoms. The van der Waals surface area contributed by atoms with Crippen LogP contribution >= 0.6 is 23.2 Å². The molecule has 0 aliphatic carbocycles. The molecule has 0 amide bonds. The van der Waals surface area contributed by atoms with Crippen LogP contribution in [0.3, 0.4) is 0 Å². The van der Waals surface area contributed by atoms with Crippen molar-refractivity contribution in [3.8, 4) is 0 Å². The first-order chi connectivity index (χ1) is 6.73. The van der Waals surface area contributed by atoms with Gasteiger partial charge in [-0.25, -0.2) is 4.39 Å². The molecule has 0 bridgehead atoms. The summed E-state index contributed by atoms with van der Waals surface area (Å²) >= 11 is 10.2. The maximum Gasteiger partial charge on any atom is 0.416 e. The van der Waals surface area contributed by atoms with E-state index in [0.29, 0.717) is 6.07 Å². The predicted octanol–water partition coefficient (Wildman–Crippen LogP) is 3.88. The first-order valence-electron chi connectivity index (χ1n) is 3.49. The summed E-state index contributed by atoms with van der Waals surface area (Å²) in [7, 11) is 0. The molecule has 0 aliphatic heterocycles. The van der Waals surface area contributed by atoms with Gasteiger partial charge in [-0.1, -0.05) is 11.6 Å². The average molecular weight is 261 g/mol. The third-order valence-corrected chi connectivity index (χ3v) is 2.16. The first kappa shape index (κ1) is 12.3. The molecule has 0 atom stereocenters. The van der Waals surface area contributed by atoms with E-state index in [4.69, 9.17) is 23.2 Å². The zero-order valence-electron chi connectivity index (χ0n) is 6.83. The molecule has 0 aliphatic rings. The van der Waals surface area contributed by atoms with E-state index in [-0.39, 0.29) is 6.07 Å². The van der Waals surface area contributed by atoms with Crippen molar-refractivity contribution in [1.29, 1.82) is 0 Å². The van der Waals surface area contributed by atoms with E-state index in [0.717, 1.165) is 0 Å². The molecule has 0 aromatic heterocycles. The van der Waals surface area contributed by atoms with Gasteiger partial charge in [-0.2, -0.15) is 13.2 Å². The van der Waals surface area contributed by atoms with Crippen LogP contribution in [0.2, 0.25) is 5.02 Å². The number of halogens is 6. The fourth-order valence-electron chi connectivity index (χ4n) is 0.896. The van der Waals surface area contributed by atoms with Crippen LogP contribution in [0, 0.1) is 5.82 Å². The number of carbonyl (C=O) groups excluding carboxylic acids is 1. The van der Waals surface area contributed by atoms with Gasteiger partial charge in [0, 0.05) is 0 Å². The number of benzene rings is 1. The quantitative estimate of drug-likeness (QED) is 0.553. The standard InChI is InChI=1S/C8H2Cl2F4O/c9-6-4(7(10)15)1-3(2-5(6)11)8(12,13)14/h1-2H. The van der Waals surface area contributed by atoms with Crippen molar-refractivity contribution in [2.24, 2.45) is 0 Å². The van der Waals surface area contributed by atoms with Gasteiger partial charge in [0.15, 0.2) is 0 Å². The SMILES string of the molecule is O=C(Cl)c1cc(C(F)(F)F)cc(F)c1Cl. The Morgan fingerprint density at radius 3 is 2.20 bits per heavy atom. The highest BCUT2D eigenvalue weighted by atomic mass is 35.5. The largest absolute Gasteiger partial charge is 0.416 e. The van der Waals surface area contributed by atoms with Gasteiger partial charge in [-0.15, -0.1) is 0 Å². The highest BCUT2D eigenvalue weighted by Crippen LogP contribution is 2.33. The summed E-state index contributed by atoms with van der Waals surface area (Å²) in [5, 5.41) is -1.96. The van der Waals surface area contributed by atoms with Crippen molar-refractivity contribution in [2.45, 2.75) is 6.18 Å². The van der Waals surface area contributed by atoms with Crippen molar-refractivity contribution < 1.29 is 22.4 Å². The van der Waals surface area contributed by atoms with E-state index in [9.17, 15) is 22.4 Å². The molecule has 82 valence electrons. The van der Waals surface area contributed by atoms with Crippen LogP contribution in [0.1, 0.15) is 15.9 Å². The Morgan fingerprint density at radius 1 is 1.27 bits per heavy atom. The number of hydrogen-bond donors (Lipinski definition) is 0. The molecule has 1 aromatic carbocycles. The number of carbonyl (C=O) groups is 1. The summed E-state index contributed by atoms with van der Waals surface area (Å²) in [5.74, 6) is -1.34. The summed E-state index contributed by atoms with van der Waals surface area (Å²) in [6.07, 6.45) is -4.76.